The summed E-state index contributed by atoms with van der Waals surface area (Å²) in [5.74, 6) is -0.470. The van der Waals surface area contributed by atoms with Gasteiger partial charge in [-0.15, -0.1) is 0 Å². The number of benzene rings is 3. The van der Waals surface area contributed by atoms with Crippen LogP contribution < -0.4 is 4.72 Å². The number of rotatable bonds is 7. The molecule has 0 fully saturated rings. The molecule has 0 saturated heterocycles. The van der Waals surface area contributed by atoms with Crippen molar-refractivity contribution in [1.29, 1.82) is 5.26 Å². The highest BCUT2D eigenvalue weighted by molar-refractivity contribution is 7.89. The van der Waals surface area contributed by atoms with E-state index in [9.17, 15) is 26.9 Å². The first-order valence-corrected chi connectivity index (χ1v) is 12.2. The van der Waals surface area contributed by atoms with Crippen LogP contribution in [-0.4, -0.2) is 14.5 Å². The smallest absolute Gasteiger partial charge is 0.208 e. The predicted molar refractivity (Wildman–Crippen MR) is 125 cm³/mol. The van der Waals surface area contributed by atoms with Gasteiger partial charge in [0.15, 0.2) is 0 Å². The molecule has 2 unspecified atom stereocenters. The van der Waals surface area contributed by atoms with Crippen LogP contribution in [0.15, 0.2) is 71.6 Å². The number of hydrogen-bond acceptors (Lipinski definition) is 3. The summed E-state index contributed by atoms with van der Waals surface area (Å²) in [7, 11) is -4.53. The minimum atomic E-state index is -4.83. The van der Waals surface area contributed by atoms with Crippen LogP contribution in [0.2, 0.25) is 5.02 Å². The summed E-state index contributed by atoms with van der Waals surface area (Å²) in [6.45, 7) is 2.93. The second kappa shape index (κ2) is 10.2. The Kier molecular flexibility index (Phi) is 7.71. The number of halogens is 4. The zero-order chi connectivity index (χ0) is 25.1. The summed E-state index contributed by atoms with van der Waals surface area (Å²) in [6, 6.07) is 18.3. The normalized spacial score (nSPS) is 13.8. The molecule has 34 heavy (non-hydrogen) atoms. The minimum absolute atomic E-state index is 0.00439. The molecule has 2 atom stereocenters. The van der Waals surface area contributed by atoms with Crippen LogP contribution in [0.1, 0.15) is 40.7 Å². The van der Waals surface area contributed by atoms with E-state index in [1.807, 2.05) is 0 Å². The Morgan fingerprint density at radius 1 is 1.06 bits per heavy atom. The standard InChI is InChI=1S/C25H22ClF3N2O2S/c1-16-5-3-8-23(25(27,28)29)24(16)34(32,33)31-17(2)22(14-18-9-11-21(26)12-10-18)20-7-4-6-19(13-20)15-30/h3-13,17,22,31H,14H2,1-2H3. The molecule has 0 heterocycles. The predicted octanol–water partition coefficient (Wildman–Crippen LogP) is 6.23. The van der Waals surface area contributed by atoms with Gasteiger partial charge < -0.3 is 0 Å². The SMILES string of the molecule is Cc1cccc(C(F)(F)F)c1S(=O)(=O)NC(C)C(Cc1ccc(Cl)cc1)c1cccc(C#N)c1. The van der Waals surface area contributed by atoms with E-state index in [0.717, 1.165) is 11.6 Å². The molecule has 3 rings (SSSR count). The van der Waals surface area contributed by atoms with Crippen molar-refractivity contribution in [2.24, 2.45) is 0 Å². The number of nitrogens with zero attached hydrogens (tertiary/aromatic N) is 1. The Balaban J connectivity index is 2.02. The number of nitriles is 1. The van der Waals surface area contributed by atoms with E-state index < -0.39 is 38.6 Å². The third-order valence-electron chi connectivity index (χ3n) is 5.54. The first-order valence-electron chi connectivity index (χ1n) is 10.4. The van der Waals surface area contributed by atoms with E-state index in [0.29, 0.717) is 22.6 Å². The van der Waals surface area contributed by atoms with Crippen LogP contribution in [0.25, 0.3) is 0 Å². The van der Waals surface area contributed by atoms with Crippen LogP contribution >= 0.6 is 11.6 Å². The van der Waals surface area contributed by atoms with E-state index >= 15 is 0 Å². The molecule has 9 heteroatoms. The number of hydrogen-bond donors (Lipinski definition) is 1. The topological polar surface area (TPSA) is 70.0 Å². The third-order valence-corrected chi connectivity index (χ3v) is 7.56. The maximum absolute atomic E-state index is 13.6. The third kappa shape index (κ3) is 5.98. The van der Waals surface area contributed by atoms with Crippen molar-refractivity contribution in [3.63, 3.8) is 0 Å². The summed E-state index contributed by atoms with van der Waals surface area (Å²) in [4.78, 5) is -0.787. The average Bonchev–Trinajstić information content (AvgIpc) is 2.77. The van der Waals surface area contributed by atoms with E-state index in [-0.39, 0.29) is 5.56 Å². The van der Waals surface area contributed by atoms with E-state index in [4.69, 9.17) is 11.6 Å². The molecule has 3 aromatic rings. The molecule has 4 nitrogen and oxygen atoms in total. The monoisotopic (exact) mass is 506 g/mol. The van der Waals surface area contributed by atoms with Crippen molar-refractivity contribution >= 4 is 21.6 Å². The molecular weight excluding hydrogens is 485 g/mol. The van der Waals surface area contributed by atoms with Crippen molar-refractivity contribution in [1.82, 2.24) is 4.72 Å². The zero-order valence-corrected chi connectivity index (χ0v) is 20.0. The van der Waals surface area contributed by atoms with Gasteiger partial charge in [0.25, 0.3) is 0 Å². The molecular formula is C25H22ClF3N2O2S. The van der Waals surface area contributed by atoms with Gasteiger partial charge in [0.05, 0.1) is 22.1 Å². The highest BCUT2D eigenvalue weighted by Gasteiger charge is 2.39. The summed E-state index contributed by atoms with van der Waals surface area (Å²) in [6.07, 6.45) is -4.46. The Bertz CT molecular complexity index is 1320. The lowest BCUT2D eigenvalue weighted by Gasteiger charge is -2.27. The molecule has 1 N–H and O–H groups in total. The fraction of sp³-hybridized carbons (Fsp3) is 0.240. The molecule has 0 radical (unpaired) electrons. The van der Waals surface area contributed by atoms with Gasteiger partial charge in [-0.05, 0) is 67.3 Å². The molecule has 0 amide bonds. The highest BCUT2D eigenvalue weighted by atomic mass is 35.5. The van der Waals surface area contributed by atoms with Gasteiger partial charge >= 0.3 is 6.18 Å². The second-order valence-corrected chi connectivity index (χ2v) is 10.1. The minimum Gasteiger partial charge on any atom is -0.208 e. The van der Waals surface area contributed by atoms with E-state index in [1.54, 1.807) is 55.5 Å². The lowest BCUT2D eigenvalue weighted by atomic mass is 9.86. The number of aryl methyl sites for hydroxylation is 1. The molecule has 3 aromatic carbocycles. The van der Waals surface area contributed by atoms with Crippen LogP contribution in [0.3, 0.4) is 0 Å². The van der Waals surface area contributed by atoms with Crippen molar-refractivity contribution in [3.05, 3.63) is 99.6 Å². The van der Waals surface area contributed by atoms with Crippen molar-refractivity contribution in [2.45, 2.75) is 43.3 Å². The van der Waals surface area contributed by atoms with Gasteiger partial charge in [-0.3, -0.25) is 0 Å². The lowest BCUT2D eigenvalue weighted by molar-refractivity contribution is -0.140. The van der Waals surface area contributed by atoms with Gasteiger partial charge in [0, 0.05) is 17.0 Å². The Morgan fingerprint density at radius 3 is 2.32 bits per heavy atom. The van der Waals surface area contributed by atoms with Crippen LogP contribution in [-0.2, 0) is 22.6 Å². The summed E-state index contributed by atoms with van der Waals surface area (Å²) >= 11 is 5.97. The van der Waals surface area contributed by atoms with E-state index in [1.165, 1.54) is 19.1 Å². The molecule has 0 aliphatic carbocycles. The molecule has 0 spiro atoms. The second-order valence-electron chi connectivity index (χ2n) is 8.03. The average molecular weight is 507 g/mol. The number of nitrogens with one attached hydrogen (secondary N) is 1. The van der Waals surface area contributed by atoms with Crippen LogP contribution in [0, 0.1) is 18.3 Å². The lowest BCUT2D eigenvalue weighted by Crippen LogP contribution is -2.39. The van der Waals surface area contributed by atoms with Crippen LogP contribution in [0.5, 0.6) is 0 Å². The molecule has 0 aliphatic rings. The summed E-state index contributed by atoms with van der Waals surface area (Å²) in [5.41, 5.74) is 0.717. The van der Waals surface area contributed by atoms with E-state index in [2.05, 4.69) is 10.8 Å². The highest BCUT2D eigenvalue weighted by Crippen LogP contribution is 2.36. The summed E-state index contributed by atoms with van der Waals surface area (Å²) < 4.78 is 69.6. The van der Waals surface area contributed by atoms with Crippen LogP contribution in [0.4, 0.5) is 13.2 Å². The molecule has 0 saturated carbocycles. The zero-order valence-electron chi connectivity index (χ0n) is 18.4. The quantitative estimate of drug-likeness (QED) is 0.413. The van der Waals surface area contributed by atoms with Gasteiger partial charge in [-0.1, -0.05) is 48.0 Å². The first-order chi connectivity index (χ1) is 15.9. The van der Waals surface area contributed by atoms with Gasteiger partial charge in [-0.25, -0.2) is 13.1 Å². The summed E-state index contributed by atoms with van der Waals surface area (Å²) in [5, 5.41) is 9.83. The van der Waals surface area contributed by atoms with Gasteiger partial charge in [0.2, 0.25) is 10.0 Å². The molecule has 0 bridgehead atoms. The Morgan fingerprint density at radius 2 is 1.71 bits per heavy atom. The van der Waals surface area contributed by atoms with Gasteiger partial charge in [-0.2, -0.15) is 18.4 Å². The molecule has 178 valence electrons. The largest absolute Gasteiger partial charge is 0.417 e. The van der Waals surface area contributed by atoms with Gasteiger partial charge in [0.1, 0.15) is 0 Å². The number of sulfonamides is 1. The fourth-order valence-corrected chi connectivity index (χ4v) is 5.78. The first kappa shape index (κ1) is 25.8. The Hall–Kier alpha value is -2.86. The van der Waals surface area contributed by atoms with Crippen molar-refractivity contribution in [2.75, 3.05) is 0 Å². The maximum atomic E-state index is 13.6. The number of alkyl halides is 3. The fourth-order valence-electron chi connectivity index (χ4n) is 3.91. The maximum Gasteiger partial charge on any atom is 0.417 e. The molecule has 0 aliphatic heterocycles. The molecule has 0 aromatic heterocycles. The van der Waals surface area contributed by atoms with Crippen molar-refractivity contribution in [3.8, 4) is 6.07 Å². The Labute approximate surface area is 202 Å². The van der Waals surface area contributed by atoms with Crippen molar-refractivity contribution < 1.29 is 21.6 Å².